The van der Waals surface area contributed by atoms with E-state index in [0.717, 1.165) is 16.9 Å². The van der Waals surface area contributed by atoms with Gasteiger partial charge in [-0.25, -0.2) is 9.78 Å². The monoisotopic (exact) mass is 303 g/mol. The Bertz CT molecular complexity index is 624. The SMILES string of the molecule is CCOC(=O)c1[nH]ncc1CNCc1cccnc1N(C)C. The smallest absolute Gasteiger partial charge is 0.356 e. The van der Waals surface area contributed by atoms with Crippen LogP contribution in [0.4, 0.5) is 5.82 Å². The van der Waals surface area contributed by atoms with Gasteiger partial charge in [-0.2, -0.15) is 5.10 Å². The zero-order chi connectivity index (χ0) is 15.9. The first kappa shape index (κ1) is 16.0. The van der Waals surface area contributed by atoms with E-state index in [1.165, 1.54) is 0 Å². The van der Waals surface area contributed by atoms with Crippen molar-refractivity contribution < 1.29 is 9.53 Å². The first-order chi connectivity index (χ1) is 10.6. The summed E-state index contributed by atoms with van der Waals surface area (Å²) >= 11 is 0. The minimum Gasteiger partial charge on any atom is -0.461 e. The van der Waals surface area contributed by atoms with Gasteiger partial charge in [0.2, 0.25) is 0 Å². The van der Waals surface area contributed by atoms with Gasteiger partial charge in [0, 0.05) is 44.5 Å². The second kappa shape index (κ2) is 7.56. The first-order valence-corrected chi connectivity index (χ1v) is 7.14. The van der Waals surface area contributed by atoms with Crippen molar-refractivity contribution in [3.05, 3.63) is 41.3 Å². The van der Waals surface area contributed by atoms with Crippen molar-refractivity contribution in [2.45, 2.75) is 20.0 Å². The number of H-pyrrole nitrogens is 1. The summed E-state index contributed by atoms with van der Waals surface area (Å²) in [6, 6.07) is 3.93. The highest BCUT2D eigenvalue weighted by molar-refractivity contribution is 5.88. The van der Waals surface area contributed by atoms with Gasteiger partial charge >= 0.3 is 5.97 Å². The molecule has 0 saturated carbocycles. The van der Waals surface area contributed by atoms with E-state index in [0.29, 0.717) is 25.4 Å². The van der Waals surface area contributed by atoms with E-state index in [1.807, 2.05) is 31.1 Å². The van der Waals surface area contributed by atoms with Crippen LogP contribution in [0, 0.1) is 0 Å². The zero-order valence-electron chi connectivity index (χ0n) is 13.1. The third-order valence-corrected chi connectivity index (χ3v) is 3.12. The van der Waals surface area contributed by atoms with Crippen LogP contribution < -0.4 is 10.2 Å². The Morgan fingerprint density at radius 2 is 2.14 bits per heavy atom. The highest BCUT2D eigenvalue weighted by atomic mass is 16.5. The number of hydrogen-bond donors (Lipinski definition) is 2. The lowest BCUT2D eigenvalue weighted by Crippen LogP contribution is -2.19. The average molecular weight is 303 g/mol. The van der Waals surface area contributed by atoms with Crippen LogP contribution in [0.1, 0.15) is 28.5 Å². The quantitative estimate of drug-likeness (QED) is 0.751. The lowest BCUT2D eigenvalue weighted by Gasteiger charge is -2.16. The normalized spacial score (nSPS) is 10.5. The number of nitrogens with one attached hydrogen (secondary N) is 2. The third kappa shape index (κ3) is 3.82. The Kier molecular flexibility index (Phi) is 5.48. The third-order valence-electron chi connectivity index (χ3n) is 3.12. The molecule has 0 aliphatic heterocycles. The molecular formula is C15H21N5O2. The predicted octanol–water partition coefficient (Wildman–Crippen LogP) is 1.34. The van der Waals surface area contributed by atoms with Crippen molar-refractivity contribution in [3.63, 3.8) is 0 Å². The van der Waals surface area contributed by atoms with Gasteiger partial charge in [0.05, 0.1) is 12.8 Å². The highest BCUT2D eigenvalue weighted by Gasteiger charge is 2.14. The minimum absolute atomic E-state index is 0.340. The summed E-state index contributed by atoms with van der Waals surface area (Å²) in [5.41, 5.74) is 2.27. The molecule has 2 rings (SSSR count). The second-order valence-electron chi connectivity index (χ2n) is 4.97. The van der Waals surface area contributed by atoms with Gasteiger partial charge in [0.25, 0.3) is 0 Å². The van der Waals surface area contributed by atoms with E-state index in [9.17, 15) is 4.79 Å². The molecule has 118 valence electrons. The number of anilines is 1. The van der Waals surface area contributed by atoms with E-state index >= 15 is 0 Å². The number of hydrogen-bond acceptors (Lipinski definition) is 6. The van der Waals surface area contributed by atoms with E-state index in [-0.39, 0.29) is 5.97 Å². The Hall–Kier alpha value is -2.41. The molecule has 0 spiro atoms. The Balaban J connectivity index is 1.98. The maximum atomic E-state index is 11.8. The number of rotatable bonds is 7. The van der Waals surface area contributed by atoms with Crippen molar-refractivity contribution in [1.29, 1.82) is 0 Å². The summed E-state index contributed by atoms with van der Waals surface area (Å²) in [6.45, 7) is 3.28. The minimum atomic E-state index is -0.382. The van der Waals surface area contributed by atoms with Crippen molar-refractivity contribution in [1.82, 2.24) is 20.5 Å². The molecule has 0 aliphatic carbocycles. The summed E-state index contributed by atoms with van der Waals surface area (Å²) in [4.78, 5) is 18.1. The lowest BCUT2D eigenvalue weighted by molar-refractivity contribution is 0.0518. The Morgan fingerprint density at radius 1 is 1.36 bits per heavy atom. The fraction of sp³-hybridized carbons (Fsp3) is 0.400. The molecule has 2 aromatic rings. The Labute approximate surface area is 129 Å². The number of ether oxygens (including phenoxy) is 1. The molecule has 0 unspecified atom stereocenters. The van der Waals surface area contributed by atoms with Crippen LogP contribution in [0.2, 0.25) is 0 Å². The maximum absolute atomic E-state index is 11.8. The highest BCUT2D eigenvalue weighted by Crippen LogP contribution is 2.14. The molecule has 0 aromatic carbocycles. The fourth-order valence-corrected chi connectivity index (χ4v) is 2.13. The molecule has 0 aliphatic rings. The number of esters is 1. The van der Waals surface area contributed by atoms with Crippen LogP contribution in [-0.2, 0) is 17.8 Å². The number of aromatic amines is 1. The molecule has 2 aromatic heterocycles. The molecule has 2 heterocycles. The number of carbonyl (C=O) groups is 1. The summed E-state index contributed by atoms with van der Waals surface area (Å²) in [5.74, 6) is 0.542. The van der Waals surface area contributed by atoms with Gasteiger partial charge in [0.1, 0.15) is 11.5 Å². The van der Waals surface area contributed by atoms with E-state index in [4.69, 9.17) is 4.74 Å². The molecule has 2 N–H and O–H groups in total. The van der Waals surface area contributed by atoms with E-state index in [2.05, 4.69) is 20.5 Å². The molecule has 0 radical (unpaired) electrons. The first-order valence-electron chi connectivity index (χ1n) is 7.14. The molecule has 7 nitrogen and oxygen atoms in total. The van der Waals surface area contributed by atoms with Crippen LogP contribution in [0.25, 0.3) is 0 Å². The number of aromatic nitrogens is 3. The van der Waals surface area contributed by atoms with Crippen LogP contribution in [0.5, 0.6) is 0 Å². The van der Waals surface area contributed by atoms with Crippen molar-refractivity contribution in [3.8, 4) is 0 Å². The Morgan fingerprint density at radius 3 is 2.86 bits per heavy atom. The topological polar surface area (TPSA) is 83.1 Å². The largest absolute Gasteiger partial charge is 0.461 e. The number of pyridine rings is 1. The molecule has 22 heavy (non-hydrogen) atoms. The number of nitrogens with zero attached hydrogens (tertiary/aromatic N) is 3. The summed E-state index contributed by atoms with van der Waals surface area (Å²) < 4.78 is 4.99. The maximum Gasteiger partial charge on any atom is 0.356 e. The van der Waals surface area contributed by atoms with Crippen LogP contribution >= 0.6 is 0 Å². The average Bonchev–Trinajstić information content (AvgIpc) is 2.96. The lowest BCUT2D eigenvalue weighted by atomic mass is 10.2. The fourth-order valence-electron chi connectivity index (χ4n) is 2.13. The van der Waals surface area contributed by atoms with Gasteiger partial charge in [-0.05, 0) is 13.0 Å². The zero-order valence-corrected chi connectivity index (χ0v) is 13.1. The molecule has 7 heteroatoms. The van der Waals surface area contributed by atoms with Crippen LogP contribution in [0.3, 0.4) is 0 Å². The van der Waals surface area contributed by atoms with Crippen molar-refractivity contribution >= 4 is 11.8 Å². The molecule has 0 bridgehead atoms. The van der Waals surface area contributed by atoms with Crippen LogP contribution in [0.15, 0.2) is 24.5 Å². The van der Waals surface area contributed by atoms with Gasteiger partial charge < -0.3 is 15.0 Å². The molecular weight excluding hydrogens is 282 g/mol. The molecule has 0 fully saturated rings. The van der Waals surface area contributed by atoms with Crippen LogP contribution in [-0.4, -0.2) is 41.9 Å². The molecule has 0 saturated heterocycles. The molecule has 0 atom stereocenters. The van der Waals surface area contributed by atoms with Crippen molar-refractivity contribution in [2.24, 2.45) is 0 Å². The van der Waals surface area contributed by atoms with Gasteiger partial charge in [-0.3, -0.25) is 5.10 Å². The summed E-state index contributed by atoms with van der Waals surface area (Å²) in [6.07, 6.45) is 3.41. The van der Waals surface area contributed by atoms with Gasteiger partial charge in [-0.15, -0.1) is 0 Å². The van der Waals surface area contributed by atoms with Crippen molar-refractivity contribution in [2.75, 3.05) is 25.6 Å². The molecule has 0 amide bonds. The number of carbonyl (C=O) groups excluding carboxylic acids is 1. The summed E-state index contributed by atoms with van der Waals surface area (Å²) in [7, 11) is 3.92. The summed E-state index contributed by atoms with van der Waals surface area (Å²) in [5, 5.41) is 9.90. The van der Waals surface area contributed by atoms with E-state index < -0.39 is 0 Å². The second-order valence-corrected chi connectivity index (χ2v) is 4.97. The standard InChI is InChI=1S/C15H21N5O2/c1-4-22-15(21)13-12(10-18-19-13)9-16-8-11-6-5-7-17-14(11)20(2)3/h5-7,10,16H,4,8-9H2,1-3H3,(H,18,19). The van der Waals surface area contributed by atoms with E-state index in [1.54, 1.807) is 19.3 Å². The predicted molar refractivity (Wildman–Crippen MR) is 83.7 cm³/mol. The van der Waals surface area contributed by atoms with Gasteiger partial charge in [-0.1, -0.05) is 6.07 Å². The van der Waals surface area contributed by atoms with Gasteiger partial charge in [0.15, 0.2) is 0 Å².